The van der Waals surface area contributed by atoms with Crippen LogP contribution < -0.4 is 0 Å². The van der Waals surface area contributed by atoms with Gasteiger partial charge in [-0.15, -0.1) is 0 Å². The zero-order chi connectivity index (χ0) is 13.5. The number of carbonyl (C=O) groups is 2. The van der Waals surface area contributed by atoms with E-state index in [2.05, 4.69) is 0 Å². The van der Waals surface area contributed by atoms with Crippen molar-refractivity contribution in [2.45, 2.75) is 26.4 Å². The molecule has 0 heterocycles. The van der Waals surface area contributed by atoms with Crippen molar-refractivity contribution in [3.05, 3.63) is 35.9 Å². The second-order valence-corrected chi connectivity index (χ2v) is 4.09. The van der Waals surface area contributed by atoms with Crippen LogP contribution in [0.1, 0.15) is 31.9 Å². The third kappa shape index (κ3) is 3.96. The van der Waals surface area contributed by atoms with Gasteiger partial charge >= 0.3 is 5.97 Å². The van der Waals surface area contributed by atoms with Gasteiger partial charge in [0.25, 0.3) is 0 Å². The van der Waals surface area contributed by atoms with Gasteiger partial charge in [-0.05, 0) is 12.5 Å². The predicted molar refractivity (Wildman–Crippen MR) is 66.8 cm³/mol. The summed E-state index contributed by atoms with van der Waals surface area (Å²) in [5.41, 5.74) is 0.669. The van der Waals surface area contributed by atoms with Gasteiger partial charge in [0.15, 0.2) is 0 Å². The Morgan fingerprint density at radius 1 is 1.28 bits per heavy atom. The molecule has 1 N–H and O–H groups in total. The van der Waals surface area contributed by atoms with E-state index in [-0.39, 0.29) is 18.8 Å². The molecule has 0 unspecified atom stereocenters. The molecule has 0 radical (unpaired) electrons. The van der Waals surface area contributed by atoms with Gasteiger partial charge in [0, 0.05) is 5.92 Å². The van der Waals surface area contributed by atoms with E-state index in [9.17, 15) is 14.7 Å². The van der Waals surface area contributed by atoms with Crippen LogP contribution in [0.2, 0.25) is 0 Å². The minimum Gasteiger partial charge on any atom is -0.466 e. The van der Waals surface area contributed by atoms with Crippen molar-refractivity contribution in [3.8, 4) is 0 Å². The molecule has 0 saturated carbocycles. The molecule has 4 nitrogen and oxygen atoms in total. The molecule has 0 aliphatic carbocycles. The van der Waals surface area contributed by atoms with Crippen LogP contribution in [0.5, 0.6) is 0 Å². The second-order valence-electron chi connectivity index (χ2n) is 4.09. The summed E-state index contributed by atoms with van der Waals surface area (Å²) in [4.78, 5) is 23.0. The molecule has 2 atom stereocenters. The molecule has 18 heavy (non-hydrogen) atoms. The first-order valence-corrected chi connectivity index (χ1v) is 5.97. The maximum atomic E-state index is 11.8. The molecule has 98 valence electrons. The summed E-state index contributed by atoms with van der Waals surface area (Å²) in [7, 11) is 0. The van der Waals surface area contributed by atoms with Crippen molar-refractivity contribution in [3.63, 3.8) is 0 Å². The van der Waals surface area contributed by atoms with E-state index < -0.39 is 18.0 Å². The van der Waals surface area contributed by atoms with Crippen molar-refractivity contribution in [2.24, 2.45) is 5.92 Å². The maximum Gasteiger partial charge on any atom is 0.313 e. The summed E-state index contributed by atoms with van der Waals surface area (Å²) in [6.45, 7) is 3.55. The first kappa shape index (κ1) is 14.4. The average Bonchev–Trinajstić information content (AvgIpc) is 2.38. The van der Waals surface area contributed by atoms with Crippen molar-refractivity contribution in [1.82, 2.24) is 0 Å². The highest BCUT2D eigenvalue weighted by Gasteiger charge is 2.25. The fourth-order valence-electron chi connectivity index (χ4n) is 1.63. The number of ether oxygens (including phenoxy) is 1. The van der Waals surface area contributed by atoms with E-state index >= 15 is 0 Å². The Hall–Kier alpha value is -1.68. The molecule has 0 spiro atoms. The van der Waals surface area contributed by atoms with Crippen LogP contribution in [0, 0.1) is 5.92 Å². The highest BCUT2D eigenvalue weighted by Crippen LogP contribution is 2.23. The Balaban J connectivity index is 2.61. The second kappa shape index (κ2) is 6.91. The molecule has 0 bridgehead atoms. The number of ketones is 1. The minimum atomic E-state index is -0.895. The van der Waals surface area contributed by atoms with Gasteiger partial charge in [0.1, 0.15) is 12.2 Å². The number of hydrogen-bond donors (Lipinski definition) is 1. The Morgan fingerprint density at radius 3 is 2.44 bits per heavy atom. The molecule has 1 aromatic rings. The van der Waals surface area contributed by atoms with Gasteiger partial charge in [-0.2, -0.15) is 0 Å². The number of carbonyl (C=O) groups excluding carboxylic acids is 2. The van der Waals surface area contributed by atoms with Crippen molar-refractivity contribution in [2.75, 3.05) is 6.61 Å². The lowest BCUT2D eigenvalue weighted by atomic mass is 9.92. The zero-order valence-electron chi connectivity index (χ0n) is 10.6. The average molecular weight is 250 g/mol. The maximum absolute atomic E-state index is 11.8. The molecule has 0 aliphatic heterocycles. The zero-order valence-corrected chi connectivity index (χ0v) is 10.6. The molecule has 0 aliphatic rings. The Kier molecular flexibility index (Phi) is 5.52. The largest absolute Gasteiger partial charge is 0.466 e. The molecule has 0 amide bonds. The van der Waals surface area contributed by atoms with Crippen LogP contribution in [0.25, 0.3) is 0 Å². The van der Waals surface area contributed by atoms with Gasteiger partial charge in [-0.1, -0.05) is 37.3 Å². The first-order chi connectivity index (χ1) is 8.56. The Morgan fingerprint density at radius 2 is 1.89 bits per heavy atom. The summed E-state index contributed by atoms with van der Waals surface area (Å²) in [6.07, 6.45) is -1.19. The molecule has 1 aromatic carbocycles. The number of rotatable bonds is 6. The monoisotopic (exact) mass is 250 g/mol. The van der Waals surface area contributed by atoms with Gasteiger partial charge in [-0.25, -0.2) is 0 Å². The standard InChI is InChI=1S/C14H18O4/c1-3-18-13(16)9-12(15)10(2)14(17)11-7-5-4-6-8-11/h4-8,10,14,17H,3,9H2,1-2H3/t10-,14+/m0/s1. The molecule has 1 rings (SSSR count). The van der Waals surface area contributed by atoms with Crippen LogP contribution in [-0.4, -0.2) is 23.5 Å². The summed E-state index contributed by atoms with van der Waals surface area (Å²) in [5, 5.41) is 10.0. The fourth-order valence-corrected chi connectivity index (χ4v) is 1.63. The summed E-state index contributed by atoms with van der Waals surface area (Å²) in [6, 6.07) is 8.92. The Labute approximate surface area is 107 Å². The number of aliphatic hydroxyl groups excluding tert-OH is 1. The van der Waals surface area contributed by atoms with E-state index in [1.807, 2.05) is 6.07 Å². The Bertz CT molecular complexity index is 400. The van der Waals surface area contributed by atoms with E-state index in [0.29, 0.717) is 5.56 Å². The fraction of sp³-hybridized carbons (Fsp3) is 0.429. The van der Waals surface area contributed by atoms with Gasteiger partial charge < -0.3 is 9.84 Å². The normalized spacial score (nSPS) is 13.7. The highest BCUT2D eigenvalue weighted by molar-refractivity contribution is 5.96. The predicted octanol–water partition coefficient (Wildman–Crippen LogP) is 1.88. The third-order valence-electron chi connectivity index (χ3n) is 2.75. The smallest absolute Gasteiger partial charge is 0.313 e. The number of hydrogen-bond acceptors (Lipinski definition) is 4. The molecule has 0 fully saturated rings. The molecular formula is C14H18O4. The lowest BCUT2D eigenvalue weighted by molar-refractivity contribution is -0.146. The van der Waals surface area contributed by atoms with Crippen molar-refractivity contribution in [1.29, 1.82) is 0 Å². The minimum absolute atomic E-state index is 0.252. The summed E-state index contributed by atoms with van der Waals surface area (Å²) >= 11 is 0. The first-order valence-electron chi connectivity index (χ1n) is 5.97. The number of Topliss-reactive ketones (excluding diaryl/α,β-unsaturated/α-hetero) is 1. The van der Waals surface area contributed by atoms with Gasteiger partial charge in [0.05, 0.1) is 12.7 Å². The molecule has 0 aromatic heterocycles. The third-order valence-corrected chi connectivity index (χ3v) is 2.75. The number of aliphatic hydroxyl groups is 1. The van der Waals surface area contributed by atoms with Crippen LogP contribution in [0.4, 0.5) is 0 Å². The van der Waals surface area contributed by atoms with Crippen molar-refractivity contribution >= 4 is 11.8 Å². The van der Waals surface area contributed by atoms with Gasteiger partial charge in [-0.3, -0.25) is 9.59 Å². The summed E-state index contributed by atoms with van der Waals surface area (Å²) in [5.74, 6) is -1.49. The van der Waals surface area contributed by atoms with Gasteiger partial charge in [0.2, 0.25) is 0 Å². The molecule has 4 heteroatoms. The quantitative estimate of drug-likeness (QED) is 0.618. The van der Waals surface area contributed by atoms with Crippen LogP contribution in [0.15, 0.2) is 30.3 Å². The molecule has 0 saturated heterocycles. The van der Waals surface area contributed by atoms with E-state index in [0.717, 1.165) is 0 Å². The van der Waals surface area contributed by atoms with Crippen LogP contribution in [0.3, 0.4) is 0 Å². The van der Waals surface area contributed by atoms with Crippen LogP contribution >= 0.6 is 0 Å². The van der Waals surface area contributed by atoms with E-state index in [1.165, 1.54) is 0 Å². The topological polar surface area (TPSA) is 63.6 Å². The van der Waals surface area contributed by atoms with Crippen LogP contribution in [-0.2, 0) is 14.3 Å². The highest BCUT2D eigenvalue weighted by atomic mass is 16.5. The number of esters is 1. The van der Waals surface area contributed by atoms with E-state index in [4.69, 9.17) is 4.74 Å². The SMILES string of the molecule is CCOC(=O)CC(=O)[C@H](C)[C@@H](O)c1ccccc1. The molecular weight excluding hydrogens is 232 g/mol. The van der Waals surface area contributed by atoms with Crippen molar-refractivity contribution < 1.29 is 19.4 Å². The number of benzene rings is 1. The lowest BCUT2D eigenvalue weighted by Crippen LogP contribution is -2.22. The lowest BCUT2D eigenvalue weighted by Gasteiger charge is -2.17. The summed E-state index contributed by atoms with van der Waals surface area (Å²) < 4.78 is 4.71. The van der Waals surface area contributed by atoms with E-state index in [1.54, 1.807) is 38.1 Å².